The van der Waals surface area contributed by atoms with Gasteiger partial charge in [-0.25, -0.2) is 0 Å². The fraction of sp³-hybridized carbons (Fsp3) is 0.160. The molecule has 164 valence electrons. The summed E-state index contributed by atoms with van der Waals surface area (Å²) in [6.07, 6.45) is 9.55. The van der Waals surface area contributed by atoms with Crippen LogP contribution in [0, 0.1) is 0 Å². The number of halogens is 1. The number of nitrogens with one attached hydrogen (secondary N) is 1. The van der Waals surface area contributed by atoms with Gasteiger partial charge < -0.3 is 15.2 Å². The number of hydrogen-bond acceptors (Lipinski definition) is 5. The van der Waals surface area contributed by atoms with E-state index in [1.165, 1.54) is 11.8 Å². The summed E-state index contributed by atoms with van der Waals surface area (Å²) in [5.41, 5.74) is 3.84. The van der Waals surface area contributed by atoms with Crippen molar-refractivity contribution in [2.75, 3.05) is 12.0 Å². The van der Waals surface area contributed by atoms with E-state index in [1.54, 1.807) is 18.5 Å². The number of rotatable bonds is 9. The number of amides is 1. The number of benzene rings is 2. The molecule has 1 atom stereocenters. The van der Waals surface area contributed by atoms with Crippen molar-refractivity contribution in [3.63, 3.8) is 0 Å². The Morgan fingerprint density at radius 2 is 1.82 bits per heavy atom. The number of aliphatic carboxylic acids is 1. The molecule has 0 aliphatic heterocycles. The van der Waals surface area contributed by atoms with Gasteiger partial charge in [0.05, 0.1) is 12.0 Å². The molecule has 33 heavy (non-hydrogen) atoms. The number of nitrogens with zero attached hydrogens (tertiary/aromatic N) is 1. The van der Waals surface area contributed by atoms with Gasteiger partial charge >= 0.3 is 29.6 Å². The van der Waals surface area contributed by atoms with Gasteiger partial charge in [-0.05, 0) is 74.8 Å². The van der Waals surface area contributed by atoms with Gasteiger partial charge in [0.25, 0.3) is 5.91 Å². The number of thioether (sulfide) groups is 1. The van der Waals surface area contributed by atoms with Crippen molar-refractivity contribution < 1.29 is 44.3 Å². The van der Waals surface area contributed by atoms with Crippen LogP contribution in [0.3, 0.4) is 0 Å². The van der Waals surface area contributed by atoms with Crippen LogP contribution in [-0.2, 0) is 4.79 Å². The zero-order valence-corrected chi connectivity index (χ0v) is 22.9. The second kappa shape index (κ2) is 13.7. The maximum Gasteiger partial charge on any atom is 1.00 e. The predicted molar refractivity (Wildman–Crippen MR) is 132 cm³/mol. The van der Waals surface area contributed by atoms with Crippen LogP contribution in [0.5, 0.6) is 0 Å². The van der Waals surface area contributed by atoms with Crippen molar-refractivity contribution in [1.82, 2.24) is 10.3 Å². The van der Waals surface area contributed by atoms with Gasteiger partial charge in [-0.2, -0.15) is 11.8 Å². The maximum absolute atomic E-state index is 13.0. The molecule has 0 radical (unpaired) electrons. The summed E-state index contributed by atoms with van der Waals surface area (Å²) >= 11 is 4.93. The number of aromatic nitrogens is 1. The Labute approximate surface area is 228 Å². The van der Waals surface area contributed by atoms with Crippen LogP contribution >= 0.6 is 27.7 Å². The van der Waals surface area contributed by atoms with Crippen molar-refractivity contribution in [3.8, 4) is 11.1 Å². The Bertz CT molecular complexity index is 1130. The molecule has 0 saturated carbocycles. The van der Waals surface area contributed by atoms with Crippen molar-refractivity contribution in [3.05, 3.63) is 88.2 Å². The predicted octanol–water partition coefficient (Wildman–Crippen LogP) is 1.29. The summed E-state index contributed by atoms with van der Waals surface area (Å²) in [5, 5.41) is 14.1. The molecule has 1 N–H and O–H groups in total. The van der Waals surface area contributed by atoms with Crippen LogP contribution in [0.4, 0.5) is 0 Å². The number of hydrogen-bond donors (Lipinski definition) is 1. The summed E-state index contributed by atoms with van der Waals surface area (Å²) in [6, 6.07) is 15.9. The standard InChI is InChI=1S/C25H23BrN2O3S.Na/c1-32-12-11-23(25(30)31)28-24(29)21-10-9-17(7-8-18-13-20(26)16-27-15-18)14-22(21)19-5-3-2-4-6-19;/h2-10,13-16,23H,11-12H2,1H3,(H,28,29)(H,30,31);/q;+1/p-1/t23-;/m0./s1. The molecule has 8 heteroatoms. The molecule has 0 aliphatic carbocycles. The van der Waals surface area contributed by atoms with E-state index >= 15 is 0 Å². The van der Waals surface area contributed by atoms with Gasteiger partial charge in [0, 0.05) is 22.4 Å². The molecule has 0 spiro atoms. The number of carboxylic acid groups (broad SMARTS) is 1. The van der Waals surface area contributed by atoms with Gasteiger partial charge in [-0.15, -0.1) is 0 Å². The van der Waals surface area contributed by atoms with E-state index in [9.17, 15) is 14.7 Å². The minimum atomic E-state index is -1.28. The molecule has 5 nitrogen and oxygen atoms in total. The molecule has 1 amide bonds. The molecule has 0 fully saturated rings. The zero-order chi connectivity index (χ0) is 22.9. The summed E-state index contributed by atoms with van der Waals surface area (Å²) < 4.78 is 0.889. The van der Waals surface area contributed by atoms with E-state index in [-0.39, 0.29) is 29.6 Å². The van der Waals surface area contributed by atoms with Crippen LogP contribution in [-0.4, -0.2) is 34.9 Å². The van der Waals surface area contributed by atoms with Crippen LogP contribution in [0.15, 0.2) is 71.5 Å². The first-order chi connectivity index (χ1) is 15.5. The van der Waals surface area contributed by atoms with E-state index in [1.807, 2.05) is 66.9 Å². The summed E-state index contributed by atoms with van der Waals surface area (Å²) in [4.78, 5) is 28.6. The normalized spacial score (nSPS) is 11.6. The average molecular weight is 533 g/mol. The second-order valence-electron chi connectivity index (χ2n) is 7.07. The molecule has 3 aromatic rings. The molecular formula is C25H22BrN2NaO3S. The first kappa shape index (κ1) is 27.3. The van der Waals surface area contributed by atoms with Crippen LogP contribution in [0.2, 0.25) is 0 Å². The van der Waals surface area contributed by atoms with E-state index in [4.69, 9.17) is 0 Å². The molecule has 3 rings (SSSR count). The van der Waals surface area contributed by atoms with Gasteiger partial charge in [-0.3, -0.25) is 9.78 Å². The molecule has 0 unspecified atom stereocenters. The SMILES string of the molecule is CSCC[C@H](NC(=O)c1ccc(C=Cc2cncc(Br)c2)cc1-c1ccccc1)C(=O)[O-].[Na+]. The number of pyridine rings is 1. The second-order valence-corrected chi connectivity index (χ2v) is 8.97. The monoisotopic (exact) mass is 532 g/mol. The average Bonchev–Trinajstić information content (AvgIpc) is 2.80. The fourth-order valence-electron chi connectivity index (χ4n) is 3.15. The minimum absolute atomic E-state index is 0. The Balaban J connectivity index is 0.00000385. The van der Waals surface area contributed by atoms with Crippen LogP contribution in [0.1, 0.15) is 27.9 Å². The fourth-order valence-corrected chi connectivity index (χ4v) is 4.01. The smallest absolute Gasteiger partial charge is 0.548 e. The largest absolute Gasteiger partial charge is 1.00 e. The quantitative estimate of drug-likeness (QED) is 0.420. The van der Waals surface area contributed by atoms with Crippen molar-refractivity contribution >= 4 is 51.7 Å². The number of carbonyl (C=O) groups excluding carboxylic acids is 2. The number of carboxylic acids is 1. The molecule has 0 saturated heterocycles. The topological polar surface area (TPSA) is 82.1 Å². The minimum Gasteiger partial charge on any atom is -0.548 e. The molecule has 0 aliphatic rings. The third kappa shape index (κ3) is 8.12. The summed E-state index contributed by atoms with van der Waals surface area (Å²) in [7, 11) is 0. The molecule has 1 heterocycles. The molecule has 2 aromatic carbocycles. The molecule has 1 aromatic heterocycles. The Kier molecular flexibility index (Phi) is 11.4. The first-order valence-corrected chi connectivity index (χ1v) is 12.2. The maximum atomic E-state index is 13.0. The van der Waals surface area contributed by atoms with Crippen molar-refractivity contribution in [2.24, 2.45) is 0 Å². The summed E-state index contributed by atoms with van der Waals surface area (Å²) in [6.45, 7) is 0. The molecular weight excluding hydrogens is 511 g/mol. The first-order valence-electron chi connectivity index (χ1n) is 9.96. The van der Waals surface area contributed by atoms with Crippen molar-refractivity contribution in [1.29, 1.82) is 0 Å². The van der Waals surface area contributed by atoms with E-state index in [0.717, 1.165) is 26.7 Å². The van der Waals surface area contributed by atoms with Crippen LogP contribution < -0.4 is 40.0 Å². The molecule has 0 bridgehead atoms. The van der Waals surface area contributed by atoms with Gasteiger partial charge in [-0.1, -0.05) is 48.6 Å². The third-order valence-electron chi connectivity index (χ3n) is 4.77. The Hall–Kier alpha value is -1.90. The van der Waals surface area contributed by atoms with E-state index in [0.29, 0.717) is 17.7 Å². The zero-order valence-electron chi connectivity index (χ0n) is 18.5. The van der Waals surface area contributed by atoms with Gasteiger partial charge in [0.2, 0.25) is 0 Å². The van der Waals surface area contributed by atoms with E-state index in [2.05, 4.69) is 26.2 Å². The van der Waals surface area contributed by atoms with E-state index < -0.39 is 17.9 Å². The van der Waals surface area contributed by atoms with Crippen molar-refractivity contribution in [2.45, 2.75) is 12.5 Å². The number of carbonyl (C=O) groups is 2. The summed E-state index contributed by atoms with van der Waals surface area (Å²) in [5.74, 6) is -1.11. The third-order valence-corrected chi connectivity index (χ3v) is 5.85. The van der Waals surface area contributed by atoms with Gasteiger partial charge in [0.15, 0.2) is 0 Å². The Morgan fingerprint density at radius 3 is 2.48 bits per heavy atom. The van der Waals surface area contributed by atoms with Crippen LogP contribution in [0.25, 0.3) is 23.3 Å². The Morgan fingerprint density at radius 1 is 1.09 bits per heavy atom. The van der Waals surface area contributed by atoms with Gasteiger partial charge in [0.1, 0.15) is 0 Å².